The van der Waals surface area contributed by atoms with E-state index >= 15 is 0 Å². The molecule has 0 atom stereocenters. The Balaban J connectivity index is 1.88. The quantitative estimate of drug-likeness (QED) is 0.754. The van der Waals surface area contributed by atoms with Crippen LogP contribution in [0.25, 0.3) is 0 Å². The molecule has 0 spiro atoms. The minimum atomic E-state index is 0.506. The Kier molecular flexibility index (Phi) is 5.57. The van der Waals surface area contributed by atoms with Gasteiger partial charge in [0.05, 0.1) is 24.2 Å². The summed E-state index contributed by atoms with van der Waals surface area (Å²) in [5.74, 6) is 0.605. The third-order valence-electron chi connectivity index (χ3n) is 3.08. The molecule has 21 heavy (non-hydrogen) atoms. The first-order valence-electron chi connectivity index (χ1n) is 7.06. The highest BCUT2D eigenvalue weighted by molar-refractivity contribution is 5.43. The van der Waals surface area contributed by atoms with Crippen LogP contribution in [0.3, 0.4) is 0 Å². The Morgan fingerprint density at radius 3 is 2.81 bits per heavy atom. The highest BCUT2D eigenvalue weighted by atomic mass is 16.5. The zero-order valence-corrected chi connectivity index (χ0v) is 12.8. The van der Waals surface area contributed by atoms with Gasteiger partial charge in [0, 0.05) is 38.5 Å². The van der Waals surface area contributed by atoms with Gasteiger partial charge in [0.25, 0.3) is 0 Å². The van der Waals surface area contributed by atoms with Crippen molar-refractivity contribution < 1.29 is 9.47 Å². The highest BCUT2D eigenvalue weighted by Crippen LogP contribution is 2.14. The van der Waals surface area contributed by atoms with Crippen LogP contribution in [0.4, 0.5) is 5.69 Å². The van der Waals surface area contributed by atoms with Crippen molar-refractivity contribution in [3.63, 3.8) is 0 Å². The molecule has 114 valence electrons. The third-order valence-corrected chi connectivity index (χ3v) is 3.08. The monoisotopic (exact) mass is 290 g/mol. The standard InChI is InChI=1S/C15H22N4O2/c1-4-14-12(11-19(2)18-14)9-16-13-5-6-15(17-10-13)21-8-7-20-3/h5-6,10-11,16H,4,7-9H2,1-3H3. The number of methoxy groups -OCH3 is 1. The summed E-state index contributed by atoms with van der Waals surface area (Å²) in [4.78, 5) is 4.25. The average Bonchev–Trinajstić information content (AvgIpc) is 2.87. The average molecular weight is 290 g/mol. The molecule has 0 fully saturated rings. The van der Waals surface area contributed by atoms with Crippen LogP contribution in [0, 0.1) is 0 Å². The molecule has 0 saturated carbocycles. The van der Waals surface area contributed by atoms with E-state index in [-0.39, 0.29) is 0 Å². The summed E-state index contributed by atoms with van der Waals surface area (Å²) >= 11 is 0. The maximum atomic E-state index is 5.43. The Morgan fingerprint density at radius 2 is 2.14 bits per heavy atom. The first kappa shape index (κ1) is 15.3. The second-order valence-corrected chi connectivity index (χ2v) is 4.71. The third kappa shape index (κ3) is 4.46. The summed E-state index contributed by atoms with van der Waals surface area (Å²) in [7, 11) is 3.59. The summed E-state index contributed by atoms with van der Waals surface area (Å²) in [6.07, 6.45) is 4.74. The largest absolute Gasteiger partial charge is 0.475 e. The fraction of sp³-hybridized carbons (Fsp3) is 0.467. The van der Waals surface area contributed by atoms with Crippen molar-refractivity contribution >= 4 is 5.69 Å². The van der Waals surface area contributed by atoms with Crippen LogP contribution in [-0.2, 0) is 24.8 Å². The Bertz CT molecular complexity index is 551. The molecule has 6 nitrogen and oxygen atoms in total. The van der Waals surface area contributed by atoms with E-state index in [1.165, 1.54) is 5.56 Å². The fourth-order valence-corrected chi connectivity index (χ4v) is 2.03. The summed E-state index contributed by atoms with van der Waals surface area (Å²) < 4.78 is 12.2. The maximum absolute atomic E-state index is 5.43. The number of anilines is 1. The van der Waals surface area contributed by atoms with Crippen LogP contribution < -0.4 is 10.1 Å². The normalized spacial score (nSPS) is 10.6. The molecular weight excluding hydrogens is 268 g/mol. The number of hydrogen-bond acceptors (Lipinski definition) is 5. The summed E-state index contributed by atoms with van der Waals surface area (Å²) in [6.45, 7) is 3.91. The first-order chi connectivity index (χ1) is 10.2. The topological polar surface area (TPSA) is 61.2 Å². The predicted molar refractivity (Wildman–Crippen MR) is 81.5 cm³/mol. The Hall–Kier alpha value is -2.08. The van der Waals surface area contributed by atoms with Gasteiger partial charge in [0.1, 0.15) is 6.61 Å². The van der Waals surface area contributed by atoms with Gasteiger partial charge < -0.3 is 14.8 Å². The van der Waals surface area contributed by atoms with Gasteiger partial charge in [-0.1, -0.05) is 6.92 Å². The number of pyridine rings is 1. The van der Waals surface area contributed by atoms with E-state index < -0.39 is 0 Å². The van der Waals surface area contributed by atoms with Crippen molar-refractivity contribution in [3.05, 3.63) is 35.8 Å². The van der Waals surface area contributed by atoms with Crippen LogP contribution in [-0.4, -0.2) is 35.1 Å². The molecule has 0 aliphatic carbocycles. The minimum absolute atomic E-state index is 0.506. The van der Waals surface area contributed by atoms with Crippen LogP contribution >= 0.6 is 0 Å². The molecule has 0 radical (unpaired) electrons. The van der Waals surface area contributed by atoms with Gasteiger partial charge in [0.15, 0.2) is 0 Å². The molecule has 0 aliphatic heterocycles. The molecule has 0 aromatic carbocycles. The van der Waals surface area contributed by atoms with Crippen LogP contribution in [0.5, 0.6) is 5.88 Å². The zero-order chi connectivity index (χ0) is 15.1. The second kappa shape index (κ2) is 7.64. The lowest BCUT2D eigenvalue weighted by Crippen LogP contribution is -2.06. The lowest BCUT2D eigenvalue weighted by molar-refractivity contribution is 0.144. The number of rotatable bonds is 8. The molecule has 2 heterocycles. The van der Waals surface area contributed by atoms with Gasteiger partial charge in [-0.05, 0) is 12.5 Å². The SMILES string of the molecule is CCc1nn(C)cc1CNc1ccc(OCCOC)nc1. The van der Waals surface area contributed by atoms with Crippen molar-refractivity contribution in [2.75, 3.05) is 25.6 Å². The van der Waals surface area contributed by atoms with E-state index in [1.807, 2.05) is 30.1 Å². The van der Waals surface area contributed by atoms with E-state index in [1.54, 1.807) is 13.3 Å². The number of nitrogens with one attached hydrogen (secondary N) is 1. The second-order valence-electron chi connectivity index (χ2n) is 4.71. The van der Waals surface area contributed by atoms with Crippen LogP contribution in [0.2, 0.25) is 0 Å². The van der Waals surface area contributed by atoms with Crippen molar-refractivity contribution in [1.29, 1.82) is 0 Å². The molecule has 2 aromatic rings. The zero-order valence-electron chi connectivity index (χ0n) is 12.8. The maximum Gasteiger partial charge on any atom is 0.213 e. The van der Waals surface area contributed by atoms with Crippen molar-refractivity contribution in [3.8, 4) is 5.88 Å². The Labute approximate surface area is 125 Å². The number of aromatic nitrogens is 3. The van der Waals surface area contributed by atoms with E-state index in [2.05, 4.69) is 22.3 Å². The smallest absolute Gasteiger partial charge is 0.213 e. The highest BCUT2D eigenvalue weighted by Gasteiger charge is 2.05. The molecule has 2 aromatic heterocycles. The molecule has 0 unspecified atom stereocenters. The molecular formula is C15H22N4O2. The summed E-state index contributed by atoms with van der Waals surface area (Å²) in [5, 5.41) is 7.77. The van der Waals surface area contributed by atoms with Gasteiger partial charge in [0.2, 0.25) is 5.88 Å². The van der Waals surface area contributed by atoms with Crippen molar-refractivity contribution in [2.45, 2.75) is 19.9 Å². The van der Waals surface area contributed by atoms with Crippen LogP contribution in [0.1, 0.15) is 18.2 Å². The van der Waals surface area contributed by atoms with Gasteiger partial charge in [-0.2, -0.15) is 5.10 Å². The van der Waals surface area contributed by atoms with E-state index in [0.29, 0.717) is 19.1 Å². The summed E-state index contributed by atoms with van der Waals surface area (Å²) in [5.41, 5.74) is 3.29. The summed E-state index contributed by atoms with van der Waals surface area (Å²) in [6, 6.07) is 3.80. The van der Waals surface area contributed by atoms with Gasteiger partial charge in [-0.25, -0.2) is 4.98 Å². The number of aryl methyl sites for hydroxylation is 2. The van der Waals surface area contributed by atoms with Crippen LogP contribution in [0.15, 0.2) is 24.5 Å². The van der Waals surface area contributed by atoms with E-state index in [9.17, 15) is 0 Å². The van der Waals surface area contributed by atoms with Crippen molar-refractivity contribution in [1.82, 2.24) is 14.8 Å². The fourth-order valence-electron chi connectivity index (χ4n) is 2.03. The lowest BCUT2D eigenvalue weighted by atomic mass is 10.2. The molecule has 0 amide bonds. The molecule has 0 bridgehead atoms. The molecule has 0 aliphatic rings. The number of hydrogen-bond donors (Lipinski definition) is 1. The van der Waals surface area contributed by atoms with E-state index in [4.69, 9.17) is 9.47 Å². The molecule has 2 rings (SSSR count). The van der Waals surface area contributed by atoms with Gasteiger partial charge in [-0.3, -0.25) is 4.68 Å². The molecule has 1 N–H and O–H groups in total. The minimum Gasteiger partial charge on any atom is -0.475 e. The number of nitrogens with zero attached hydrogens (tertiary/aromatic N) is 3. The van der Waals surface area contributed by atoms with Crippen molar-refractivity contribution in [2.24, 2.45) is 7.05 Å². The lowest BCUT2D eigenvalue weighted by Gasteiger charge is -2.07. The predicted octanol–water partition coefficient (Wildman–Crippen LogP) is 2.01. The molecule has 0 saturated heterocycles. The Morgan fingerprint density at radius 1 is 1.29 bits per heavy atom. The number of ether oxygens (including phenoxy) is 2. The van der Waals surface area contributed by atoms with Gasteiger partial charge >= 0.3 is 0 Å². The molecule has 6 heteroatoms. The van der Waals surface area contributed by atoms with Gasteiger partial charge in [-0.15, -0.1) is 0 Å². The first-order valence-corrected chi connectivity index (χ1v) is 7.06. The van der Waals surface area contributed by atoms with E-state index in [0.717, 1.165) is 24.3 Å².